The second-order valence-corrected chi connectivity index (χ2v) is 9.13. The molecule has 3 atom stereocenters. The van der Waals surface area contributed by atoms with Crippen molar-refractivity contribution in [3.63, 3.8) is 0 Å². The molecular formula is C23H29N5O4. The molecule has 170 valence electrons. The predicted octanol–water partition coefficient (Wildman–Crippen LogP) is 1.87. The third kappa shape index (κ3) is 4.40. The van der Waals surface area contributed by atoms with E-state index in [-0.39, 0.29) is 23.9 Å². The fourth-order valence-corrected chi connectivity index (χ4v) is 4.32. The summed E-state index contributed by atoms with van der Waals surface area (Å²) in [5, 5.41) is 15.8. The van der Waals surface area contributed by atoms with Gasteiger partial charge in [0.1, 0.15) is 23.5 Å². The second kappa shape index (κ2) is 8.91. The van der Waals surface area contributed by atoms with Crippen molar-refractivity contribution in [2.45, 2.75) is 45.7 Å². The number of aromatic nitrogens is 1. The van der Waals surface area contributed by atoms with E-state index in [4.69, 9.17) is 10.5 Å². The lowest BCUT2D eigenvalue weighted by molar-refractivity contribution is -0.128. The number of nitrogens with zero attached hydrogens (tertiary/aromatic N) is 2. The Labute approximate surface area is 186 Å². The first-order valence-electron chi connectivity index (χ1n) is 10.5. The number of methoxy groups -OCH3 is 1. The molecule has 2 heterocycles. The van der Waals surface area contributed by atoms with Gasteiger partial charge in [0.25, 0.3) is 5.91 Å². The van der Waals surface area contributed by atoms with Crippen molar-refractivity contribution in [3.8, 4) is 11.8 Å². The average molecular weight is 440 g/mol. The Bertz CT molecular complexity index is 1090. The summed E-state index contributed by atoms with van der Waals surface area (Å²) in [6.45, 7) is 6.19. The lowest BCUT2D eigenvalue weighted by Gasteiger charge is -2.33. The van der Waals surface area contributed by atoms with E-state index >= 15 is 0 Å². The standard InChI is InChI=1S/C23H29N5O4/c1-23(2,3)19(22(31)27-14(12-24)10-13-8-9-26-21(13)30)28-16-6-5-7-18(32-4)15(16)11-17(28)20(25)29/h5-7,11,13-14,19H,8-10H2,1-4H3,(H2,25,29)(H,26,30)(H,27,31)/t13-,14-,19+/m0/s1. The molecule has 0 unspecified atom stereocenters. The number of carbonyl (C=O) groups excluding carboxylic acids is 3. The number of hydrogen-bond donors (Lipinski definition) is 3. The molecule has 1 saturated heterocycles. The molecule has 1 aromatic carbocycles. The van der Waals surface area contributed by atoms with Gasteiger partial charge in [-0.2, -0.15) is 5.26 Å². The third-order valence-electron chi connectivity index (χ3n) is 5.80. The number of nitriles is 1. The van der Waals surface area contributed by atoms with Crippen LogP contribution in [0.2, 0.25) is 0 Å². The highest BCUT2D eigenvalue weighted by atomic mass is 16.5. The minimum Gasteiger partial charge on any atom is -0.496 e. The van der Waals surface area contributed by atoms with E-state index in [9.17, 15) is 19.6 Å². The van der Waals surface area contributed by atoms with Crippen molar-refractivity contribution in [1.29, 1.82) is 5.26 Å². The smallest absolute Gasteiger partial charge is 0.265 e. The number of benzene rings is 1. The van der Waals surface area contributed by atoms with E-state index in [0.29, 0.717) is 29.6 Å². The molecule has 4 N–H and O–H groups in total. The van der Waals surface area contributed by atoms with Gasteiger partial charge in [0.2, 0.25) is 11.8 Å². The van der Waals surface area contributed by atoms with Crippen LogP contribution in [-0.4, -0.2) is 42.0 Å². The van der Waals surface area contributed by atoms with Crippen LogP contribution in [0.1, 0.15) is 50.1 Å². The highest BCUT2D eigenvalue weighted by Crippen LogP contribution is 2.38. The fourth-order valence-electron chi connectivity index (χ4n) is 4.32. The molecule has 3 rings (SSSR count). The third-order valence-corrected chi connectivity index (χ3v) is 5.80. The highest BCUT2D eigenvalue weighted by molar-refractivity contribution is 6.01. The van der Waals surface area contributed by atoms with Crippen molar-refractivity contribution in [2.24, 2.45) is 17.1 Å². The highest BCUT2D eigenvalue weighted by Gasteiger charge is 2.38. The molecule has 0 aliphatic carbocycles. The van der Waals surface area contributed by atoms with Crippen molar-refractivity contribution >= 4 is 28.6 Å². The largest absolute Gasteiger partial charge is 0.496 e. The van der Waals surface area contributed by atoms with Gasteiger partial charge in [-0.15, -0.1) is 0 Å². The SMILES string of the molecule is COc1cccc2c1cc(C(N)=O)n2[C@H](C(=O)N[C@H](C#N)C[C@@H]1CCNC1=O)C(C)(C)C. The van der Waals surface area contributed by atoms with E-state index in [1.165, 1.54) is 7.11 Å². The van der Waals surface area contributed by atoms with Gasteiger partial charge in [-0.3, -0.25) is 14.4 Å². The van der Waals surface area contributed by atoms with Crippen LogP contribution >= 0.6 is 0 Å². The van der Waals surface area contributed by atoms with E-state index < -0.39 is 29.3 Å². The van der Waals surface area contributed by atoms with E-state index in [0.717, 1.165) is 0 Å². The van der Waals surface area contributed by atoms with Crippen LogP contribution in [0.15, 0.2) is 24.3 Å². The lowest BCUT2D eigenvalue weighted by Crippen LogP contribution is -2.45. The maximum atomic E-state index is 13.5. The number of primary amides is 1. The van der Waals surface area contributed by atoms with Gasteiger partial charge in [-0.1, -0.05) is 26.8 Å². The summed E-state index contributed by atoms with van der Waals surface area (Å²) in [4.78, 5) is 37.8. The van der Waals surface area contributed by atoms with Gasteiger partial charge < -0.3 is 25.7 Å². The number of fused-ring (bicyclic) bond motifs is 1. The Hall–Kier alpha value is -3.54. The molecule has 32 heavy (non-hydrogen) atoms. The number of rotatable bonds is 7. The van der Waals surface area contributed by atoms with Crippen molar-refractivity contribution in [3.05, 3.63) is 30.0 Å². The molecule has 0 spiro atoms. The molecule has 3 amide bonds. The van der Waals surface area contributed by atoms with Gasteiger partial charge in [0, 0.05) is 17.8 Å². The quantitative estimate of drug-likeness (QED) is 0.604. The van der Waals surface area contributed by atoms with E-state index in [2.05, 4.69) is 16.7 Å². The Balaban J connectivity index is 2.03. The van der Waals surface area contributed by atoms with Crippen molar-refractivity contribution in [2.75, 3.05) is 13.7 Å². The van der Waals surface area contributed by atoms with Crippen LogP contribution in [0.25, 0.3) is 10.9 Å². The molecule has 9 heteroatoms. The molecule has 0 bridgehead atoms. The average Bonchev–Trinajstić information content (AvgIpc) is 3.30. The summed E-state index contributed by atoms with van der Waals surface area (Å²) in [6, 6.07) is 7.36. The summed E-state index contributed by atoms with van der Waals surface area (Å²) in [5.41, 5.74) is 5.83. The zero-order chi connectivity index (χ0) is 23.6. The Kier molecular flexibility index (Phi) is 6.44. The second-order valence-electron chi connectivity index (χ2n) is 9.13. The molecule has 2 aromatic rings. The van der Waals surface area contributed by atoms with E-state index in [1.807, 2.05) is 20.8 Å². The number of ether oxygens (including phenoxy) is 1. The summed E-state index contributed by atoms with van der Waals surface area (Å²) in [7, 11) is 1.53. The zero-order valence-electron chi connectivity index (χ0n) is 18.8. The van der Waals surface area contributed by atoms with Gasteiger partial charge in [-0.25, -0.2) is 0 Å². The number of nitrogens with two attached hydrogens (primary N) is 1. The summed E-state index contributed by atoms with van der Waals surface area (Å²) < 4.78 is 7.04. The molecule has 0 saturated carbocycles. The molecule has 1 aliphatic rings. The zero-order valence-corrected chi connectivity index (χ0v) is 18.8. The minimum absolute atomic E-state index is 0.105. The summed E-state index contributed by atoms with van der Waals surface area (Å²) in [6.07, 6.45) is 0.858. The Morgan fingerprint density at radius 1 is 1.41 bits per heavy atom. The van der Waals surface area contributed by atoms with E-state index in [1.54, 1.807) is 28.8 Å². The molecular weight excluding hydrogens is 410 g/mol. The topological polar surface area (TPSA) is 139 Å². The summed E-state index contributed by atoms with van der Waals surface area (Å²) >= 11 is 0. The molecule has 0 radical (unpaired) electrons. The van der Waals surface area contributed by atoms with Crippen molar-refractivity contribution < 1.29 is 19.1 Å². The first kappa shape index (κ1) is 23.1. The maximum Gasteiger partial charge on any atom is 0.265 e. The predicted molar refractivity (Wildman–Crippen MR) is 119 cm³/mol. The fraction of sp³-hybridized carbons (Fsp3) is 0.478. The maximum absolute atomic E-state index is 13.5. The molecule has 1 aliphatic heterocycles. The number of carbonyl (C=O) groups is 3. The normalized spacial score (nSPS) is 18.0. The van der Waals surface area contributed by atoms with Crippen LogP contribution in [0.3, 0.4) is 0 Å². The first-order chi connectivity index (χ1) is 15.1. The summed E-state index contributed by atoms with van der Waals surface area (Å²) in [5.74, 6) is -0.966. The number of nitrogens with one attached hydrogen (secondary N) is 2. The molecule has 9 nitrogen and oxygen atoms in total. The monoisotopic (exact) mass is 439 g/mol. The van der Waals surface area contributed by atoms with Crippen molar-refractivity contribution in [1.82, 2.24) is 15.2 Å². The number of hydrogen-bond acceptors (Lipinski definition) is 5. The Morgan fingerprint density at radius 3 is 2.66 bits per heavy atom. The van der Waals surface area contributed by atoms with Crippen LogP contribution in [0, 0.1) is 22.7 Å². The van der Waals surface area contributed by atoms with Crippen LogP contribution in [-0.2, 0) is 9.59 Å². The van der Waals surface area contributed by atoms with Gasteiger partial charge >= 0.3 is 0 Å². The van der Waals surface area contributed by atoms with Crippen LogP contribution < -0.4 is 21.1 Å². The minimum atomic E-state index is -0.845. The van der Waals surface area contributed by atoms with Gasteiger partial charge in [0.05, 0.1) is 18.7 Å². The van der Waals surface area contributed by atoms with Gasteiger partial charge in [0.15, 0.2) is 0 Å². The Morgan fingerprint density at radius 2 is 2.12 bits per heavy atom. The molecule has 1 fully saturated rings. The van der Waals surface area contributed by atoms with Gasteiger partial charge in [-0.05, 0) is 36.5 Å². The van der Waals surface area contributed by atoms with Crippen LogP contribution in [0.5, 0.6) is 5.75 Å². The first-order valence-corrected chi connectivity index (χ1v) is 10.5. The number of amides is 3. The lowest BCUT2D eigenvalue weighted by atomic mass is 9.85. The molecule has 1 aromatic heterocycles. The van der Waals surface area contributed by atoms with Crippen LogP contribution in [0.4, 0.5) is 0 Å².